The molecule has 0 radical (unpaired) electrons. The molecular formula is C12H18BrN3O. The first kappa shape index (κ1) is 12.8. The van der Waals surface area contributed by atoms with Gasteiger partial charge in [-0.15, -0.1) is 0 Å². The minimum Gasteiger partial charge on any atom is -0.312 e. The van der Waals surface area contributed by atoms with Crippen LogP contribution in [0.5, 0.6) is 0 Å². The number of hydrogen-bond donors (Lipinski definition) is 1. The third-order valence-corrected chi connectivity index (χ3v) is 4.22. The van der Waals surface area contributed by atoms with Crippen molar-refractivity contribution in [2.45, 2.75) is 39.3 Å². The summed E-state index contributed by atoms with van der Waals surface area (Å²) in [5.74, 6) is 0.842. The Morgan fingerprint density at radius 1 is 1.65 bits per heavy atom. The van der Waals surface area contributed by atoms with E-state index in [0.717, 1.165) is 18.2 Å². The van der Waals surface area contributed by atoms with Gasteiger partial charge in [-0.05, 0) is 48.5 Å². The van der Waals surface area contributed by atoms with Crippen LogP contribution in [0, 0.1) is 12.8 Å². The van der Waals surface area contributed by atoms with Crippen molar-refractivity contribution < 1.29 is 0 Å². The molecule has 0 saturated heterocycles. The summed E-state index contributed by atoms with van der Waals surface area (Å²) < 4.78 is 2.21. The van der Waals surface area contributed by atoms with Gasteiger partial charge < -0.3 is 5.32 Å². The van der Waals surface area contributed by atoms with Crippen LogP contribution in [0.3, 0.4) is 0 Å². The van der Waals surface area contributed by atoms with Crippen molar-refractivity contribution in [2.75, 3.05) is 6.54 Å². The summed E-state index contributed by atoms with van der Waals surface area (Å²) in [7, 11) is 0. The Kier molecular flexibility index (Phi) is 3.99. The predicted octanol–water partition coefficient (Wildman–Crippen LogP) is 1.70. The molecule has 1 saturated carbocycles. The lowest BCUT2D eigenvalue weighted by atomic mass is 10.2. The van der Waals surface area contributed by atoms with E-state index in [9.17, 15) is 4.79 Å². The number of halogens is 1. The summed E-state index contributed by atoms with van der Waals surface area (Å²) in [6, 6.07) is 0.563. The minimum atomic E-state index is -0.00150. The highest BCUT2D eigenvalue weighted by molar-refractivity contribution is 9.10. The first-order valence-electron chi connectivity index (χ1n) is 6.04. The van der Waals surface area contributed by atoms with E-state index in [1.54, 1.807) is 10.9 Å². The molecule has 4 nitrogen and oxygen atoms in total. The lowest BCUT2D eigenvalue weighted by Crippen LogP contribution is -2.33. The molecule has 0 spiro atoms. The topological polar surface area (TPSA) is 46.9 Å². The maximum atomic E-state index is 11.9. The van der Waals surface area contributed by atoms with Crippen molar-refractivity contribution >= 4 is 15.9 Å². The highest BCUT2D eigenvalue weighted by atomic mass is 79.9. The Balaban J connectivity index is 1.90. The van der Waals surface area contributed by atoms with Gasteiger partial charge in [0.25, 0.3) is 5.56 Å². The maximum Gasteiger partial charge on any atom is 0.267 e. The van der Waals surface area contributed by atoms with Crippen LogP contribution in [0.2, 0.25) is 0 Å². The SMILES string of the molecule is Cc1ncn(CCNC(C)C2CC2)c(=O)c1Br. The molecule has 1 N–H and O–H groups in total. The summed E-state index contributed by atoms with van der Waals surface area (Å²) in [6.45, 7) is 5.52. The molecule has 1 unspecified atom stereocenters. The zero-order valence-electron chi connectivity index (χ0n) is 10.2. The molecule has 0 aliphatic heterocycles. The van der Waals surface area contributed by atoms with E-state index in [1.165, 1.54) is 12.8 Å². The second-order valence-electron chi connectivity index (χ2n) is 4.72. The second kappa shape index (κ2) is 5.31. The minimum absolute atomic E-state index is 0.00150. The molecule has 0 bridgehead atoms. The molecule has 0 amide bonds. The first-order valence-corrected chi connectivity index (χ1v) is 6.84. The molecule has 1 aliphatic rings. The summed E-state index contributed by atoms with van der Waals surface area (Å²) >= 11 is 3.27. The van der Waals surface area contributed by atoms with E-state index in [0.29, 0.717) is 17.1 Å². The molecule has 0 aromatic carbocycles. The van der Waals surface area contributed by atoms with Crippen molar-refractivity contribution in [3.8, 4) is 0 Å². The fourth-order valence-electron chi connectivity index (χ4n) is 1.88. The first-order chi connectivity index (χ1) is 8.09. The molecule has 1 heterocycles. The fourth-order valence-corrected chi connectivity index (χ4v) is 2.21. The van der Waals surface area contributed by atoms with E-state index < -0.39 is 0 Å². The second-order valence-corrected chi connectivity index (χ2v) is 5.52. The molecule has 17 heavy (non-hydrogen) atoms. The standard InChI is InChI=1S/C12H18BrN3O/c1-8(10-3-4-10)14-5-6-16-7-15-9(2)11(13)12(16)17/h7-8,10,14H,3-6H2,1-2H3. The molecule has 94 valence electrons. The van der Waals surface area contributed by atoms with Gasteiger partial charge in [-0.3, -0.25) is 9.36 Å². The molecule has 1 fully saturated rings. The Labute approximate surface area is 110 Å². The molecule has 5 heteroatoms. The monoisotopic (exact) mass is 299 g/mol. The smallest absolute Gasteiger partial charge is 0.267 e. The van der Waals surface area contributed by atoms with Crippen LogP contribution in [-0.4, -0.2) is 22.1 Å². The average Bonchev–Trinajstić information content (AvgIpc) is 3.13. The zero-order valence-corrected chi connectivity index (χ0v) is 11.8. The van der Waals surface area contributed by atoms with Crippen LogP contribution in [0.25, 0.3) is 0 Å². The van der Waals surface area contributed by atoms with Gasteiger partial charge in [-0.25, -0.2) is 4.98 Å². The van der Waals surface area contributed by atoms with Crippen LogP contribution in [0.15, 0.2) is 15.6 Å². The summed E-state index contributed by atoms with van der Waals surface area (Å²) in [4.78, 5) is 16.0. The normalized spacial score (nSPS) is 17.1. The van der Waals surface area contributed by atoms with Crippen molar-refractivity contribution in [3.05, 3.63) is 26.8 Å². The highest BCUT2D eigenvalue weighted by Gasteiger charge is 2.27. The number of aryl methyl sites for hydroxylation is 1. The van der Waals surface area contributed by atoms with Crippen LogP contribution >= 0.6 is 15.9 Å². The van der Waals surface area contributed by atoms with E-state index in [4.69, 9.17) is 0 Å². The van der Waals surface area contributed by atoms with Crippen molar-refractivity contribution in [2.24, 2.45) is 5.92 Å². The summed E-state index contributed by atoms with van der Waals surface area (Å²) in [5, 5.41) is 3.45. The molecule has 1 aromatic rings. The zero-order chi connectivity index (χ0) is 12.4. The van der Waals surface area contributed by atoms with Gasteiger partial charge in [0.15, 0.2) is 0 Å². The van der Waals surface area contributed by atoms with Gasteiger partial charge in [0.05, 0.1) is 12.0 Å². The third-order valence-electron chi connectivity index (χ3n) is 3.31. The molecule has 1 aliphatic carbocycles. The van der Waals surface area contributed by atoms with Crippen molar-refractivity contribution in [1.82, 2.24) is 14.9 Å². The Hall–Kier alpha value is -0.680. The summed E-state index contributed by atoms with van der Waals surface area (Å²) in [5.41, 5.74) is 0.740. The number of hydrogen-bond acceptors (Lipinski definition) is 3. The van der Waals surface area contributed by atoms with Gasteiger partial charge >= 0.3 is 0 Å². The third kappa shape index (κ3) is 3.16. The summed E-state index contributed by atoms with van der Waals surface area (Å²) in [6.07, 6.45) is 4.30. The van der Waals surface area contributed by atoms with E-state index >= 15 is 0 Å². The number of nitrogens with zero attached hydrogens (tertiary/aromatic N) is 2. The van der Waals surface area contributed by atoms with Crippen LogP contribution < -0.4 is 10.9 Å². The largest absolute Gasteiger partial charge is 0.312 e. The molecule has 1 atom stereocenters. The average molecular weight is 300 g/mol. The predicted molar refractivity (Wildman–Crippen MR) is 71.1 cm³/mol. The van der Waals surface area contributed by atoms with Crippen molar-refractivity contribution in [3.63, 3.8) is 0 Å². The van der Waals surface area contributed by atoms with Gasteiger partial charge in [0.2, 0.25) is 0 Å². The Bertz CT molecular complexity index is 454. The van der Waals surface area contributed by atoms with E-state index in [2.05, 4.69) is 33.2 Å². The van der Waals surface area contributed by atoms with Gasteiger partial charge in [0, 0.05) is 19.1 Å². The molecular weight excluding hydrogens is 282 g/mol. The molecule has 2 rings (SSSR count). The number of nitrogens with one attached hydrogen (secondary N) is 1. The Morgan fingerprint density at radius 3 is 3.00 bits per heavy atom. The highest BCUT2D eigenvalue weighted by Crippen LogP contribution is 2.32. The van der Waals surface area contributed by atoms with Crippen LogP contribution in [0.1, 0.15) is 25.5 Å². The maximum absolute atomic E-state index is 11.9. The lowest BCUT2D eigenvalue weighted by Gasteiger charge is -2.13. The Morgan fingerprint density at radius 2 is 2.35 bits per heavy atom. The van der Waals surface area contributed by atoms with Gasteiger partial charge in [-0.2, -0.15) is 0 Å². The fraction of sp³-hybridized carbons (Fsp3) is 0.667. The molecule has 1 aromatic heterocycles. The number of aromatic nitrogens is 2. The van der Waals surface area contributed by atoms with Crippen LogP contribution in [0.4, 0.5) is 0 Å². The quantitative estimate of drug-likeness (QED) is 0.900. The van der Waals surface area contributed by atoms with Gasteiger partial charge in [-0.1, -0.05) is 0 Å². The lowest BCUT2D eigenvalue weighted by molar-refractivity contribution is 0.469. The van der Waals surface area contributed by atoms with Gasteiger partial charge in [0.1, 0.15) is 4.47 Å². The van der Waals surface area contributed by atoms with E-state index in [-0.39, 0.29) is 5.56 Å². The van der Waals surface area contributed by atoms with Crippen LogP contribution in [-0.2, 0) is 6.54 Å². The van der Waals surface area contributed by atoms with E-state index in [1.807, 2.05) is 6.92 Å². The number of rotatable bonds is 5. The van der Waals surface area contributed by atoms with Crippen molar-refractivity contribution in [1.29, 1.82) is 0 Å².